The molecule has 0 spiro atoms. The van der Waals surface area contributed by atoms with E-state index in [9.17, 15) is 15.0 Å². The number of hydrogen-bond acceptors (Lipinski definition) is 6. The molecular weight excluding hydrogens is 336 g/mol. The van der Waals surface area contributed by atoms with Crippen LogP contribution in [0.4, 0.5) is 0 Å². The second-order valence-electron chi connectivity index (χ2n) is 6.43. The Labute approximate surface area is 151 Å². The molecule has 0 saturated heterocycles. The molecule has 26 heavy (non-hydrogen) atoms. The van der Waals surface area contributed by atoms with Gasteiger partial charge in [-0.15, -0.1) is 0 Å². The van der Waals surface area contributed by atoms with Gasteiger partial charge in [0.1, 0.15) is 0 Å². The normalized spacial score (nSPS) is 14.5. The number of H-pyrrole nitrogens is 1. The van der Waals surface area contributed by atoms with Crippen molar-refractivity contribution in [2.45, 2.75) is 19.4 Å². The summed E-state index contributed by atoms with van der Waals surface area (Å²) in [5.41, 5.74) is 3.18. The van der Waals surface area contributed by atoms with E-state index in [4.69, 9.17) is 4.74 Å². The van der Waals surface area contributed by atoms with Crippen molar-refractivity contribution in [2.75, 3.05) is 26.8 Å². The lowest BCUT2D eigenvalue weighted by Gasteiger charge is -2.16. The van der Waals surface area contributed by atoms with Crippen LogP contribution in [0.5, 0.6) is 11.5 Å². The quantitative estimate of drug-likeness (QED) is 0.486. The molecule has 0 fully saturated rings. The predicted molar refractivity (Wildman–Crippen MR) is 95.3 cm³/mol. The standard InChI is InChI=1S/C18H24N4O4/c1-26-16-3-2-11(7-15(16)24)6-12(10-23)8-20-18(25)17-13-9-19-5-4-14(13)21-22-17/h2-3,7,12,19,23-24H,4-6,8-10H2,1H3,(H,20,25)(H,21,22). The first-order chi connectivity index (χ1) is 12.6. The Balaban J connectivity index is 1.59. The SMILES string of the molecule is COc1ccc(CC(CO)CNC(=O)c2n[nH]c3c2CNCC3)cc1O. The van der Waals surface area contributed by atoms with Gasteiger partial charge in [0.15, 0.2) is 17.2 Å². The number of rotatable bonds is 7. The number of amides is 1. The average molecular weight is 360 g/mol. The van der Waals surface area contributed by atoms with Crippen molar-refractivity contribution in [1.82, 2.24) is 20.8 Å². The summed E-state index contributed by atoms with van der Waals surface area (Å²) < 4.78 is 5.03. The van der Waals surface area contributed by atoms with Crippen LogP contribution in [-0.4, -0.2) is 53.1 Å². The number of aliphatic hydroxyl groups is 1. The summed E-state index contributed by atoms with van der Waals surface area (Å²) >= 11 is 0. The Morgan fingerprint density at radius 2 is 2.31 bits per heavy atom. The zero-order valence-corrected chi connectivity index (χ0v) is 14.7. The van der Waals surface area contributed by atoms with Gasteiger partial charge >= 0.3 is 0 Å². The van der Waals surface area contributed by atoms with Crippen LogP contribution in [0, 0.1) is 5.92 Å². The van der Waals surface area contributed by atoms with E-state index in [1.807, 2.05) is 6.07 Å². The molecule has 8 heteroatoms. The van der Waals surface area contributed by atoms with Gasteiger partial charge in [-0.1, -0.05) is 6.07 Å². The highest BCUT2D eigenvalue weighted by molar-refractivity contribution is 5.94. The minimum atomic E-state index is -0.248. The molecule has 0 radical (unpaired) electrons. The van der Waals surface area contributed by atoms with Gasteiger partial charge in [-0.2, -0.15) is 5.10 Å². The fraction of sp³-hybridized carbons (Fsp3) is 0.444. The van der Waals surface area contributed by atoms with Crippen molar-refractivity contribution in [1.29, 1.82) is 0 Å². The van der Waals surface area contributed by atoms with Gasteiger partial charge in [0.25, 0.3) is 5.91 Å². The van der Waals surface area contributed by atoms with Crippen LogP contribution in [0.25, 0.3) is 0 Å². The van der Waals surface area contributed by atoms with Crippen LogP contribution in [0.1, 0.15) is 27.3 Å². The largest absolute Gasteiger partial charge is 0.504 e. The highest BCUT2D eigenvalue weighted by Gasteiger charge is 2.22. The number of fused-ring (bicyclic) bond motifs is 1. The van der Waals surface area contributed by atoms with Gasteiger partial charge in [0.2, 0.25) is 0 Å². The molecular formula is C18H24N4O4. The fourth-order valence-electron chi connectivity index (χ4n) is 3.13. The molecule has 1 aliphatic rings. The van der Waals surface area contributed by atoms with Crippen molar-refractivity contribution in [3.63, 3.8) is 0 Å². The average Bonchev–Trinajstić information content (AvgIpc) is 3.09. The van der Waals surface area contributed by atoms with Crippen LogP contribution in [0.2, 0.25) is 0 Å². The summed E-state index contributed by atoms with van der Waals surface area (Å²) in [5, 5.41) is 32.6. The minimum absolute atomic E-state index is 0.0568. The summed E-state index contributed by atoms with van der Waals surface area (Å²) in [7, 11) is 1.49. The smallest absolute Gasteiger partial charge is 0.272 e. The predicted octanol–water partition coefficient (Wildman–Crippen LogP) is 0.351. The zero-order valence-electron chi connectivity index (χ0n) is 14.7. The van der Waals surface area contributed by atoms with Gasteiger partial charge in [0, 0.05) is 49.8 Å². The van der Waals surface area contributed by atoms with E-state index in [1.165, 1.54) is 7.11 Å². The summed E-state index contributed by atoms with van der Waals surface area (Å²) in [6.07, 6.45) is 1.35. The number of hydrogen-bond donors (Lipinski definition) is 5. The molecule has 1 aliphatic heterocycles. The Bertz CT molecular complexity index is 775. The lowest BCUT2D eigenvalue weighted by Crippen LogP contribution is -2.33. The van der Waals surface area contributed by atoms with Gasteiger partial charge in [0.05, 0.1) is 7.11 Å². The first-order valence-electron chi connectivity index (χ1n) is 8.64. The van der Waals surface area contributed by atoms with E-state index in [-0.39, 0.29) is 24.2 Å². The maximum Gasteiger partial charge on any atom is 0.272 e. The summed E-state index contributed by atoms with van der Waals surface area (Å²) in [6, 6.07) is 5.12. The lowest BCUT2D eigenvalue weighted by atomic mass is 9.99. The molecule has 1 unspecified atom stereocenters. The minimum Gasteiger partial charge on any atom is -0.504 e. The van der Waals surface area contributed by atoms with Crippen molar-refractivity contribution in [2.24, 2.45) is 5.92 Å². The van der Waals surface area contributed by atoms with Crippen LogP contribution < -0.4 is 15.4 Å². The van der Waals surface area contributed by atoms with Crippen LogP contribution in [-0.2, 0) is 19.4 Å². The number of phenols is 1. The third kappa shape index (κ3) is 3.97. The zero-order chi connectivity index (χ0) is 18.5. The third-order valence-corrected chi connectivity index (χ3v) is 4.60. The molecule has 1 amide bonds. The number of aromatic hydroxyl groups is 1. The molecule has 140 valence electrons. The maximum absolute atomic E-state index is 12.4. The third-order valence-electron chi connectivity index (χ3n) is 4.60. The number of nitrogens with one attached hydrogen (secondary N) is 3. The van der Waals surface area contributed by atoms with Gasteiger partial charge in [-0.05, 0) is 24.1 Å². The molecule has 0 aliphatic carbocycles. The summed E-state index contributed by atoms with van der Waals surface area (Å²) in [4.78, 5) is 12.4. The number of phenolic OH excluding ortho intramolecular Hbond substituents is 1. The molecule has 3 rings (SSSR count). The van der Waals surface area contributed by atoms with Crippen molar-refractivity contribution in [3.8, 4) is 11.5 Å². The van der Waals surface area contributed by atoms with Gasteiger partial charge in [-0.25, -0.2) is 0 Å². The number of methoxy groups -OCH3 is 1. The Morgan fingerprint density at radius 1 is 1.46 bits per heavy atom. The van der Waals surface area contributed by atoms with Crippen LogP contribution in [0.15, 0.2) is 18.2 Å². The van der Waals surface area contributed by atoms with Crippen LogP contribution in [0.3, 0.4) is 0 Å². The van der Waals surface area contributed by atoms with Gasteiger partial charge < -0.3 is 25.6 Å². The lowest BCUT2D eigenvalue weighted by molar-refractivity contribution is 0.0933. The second kappa shape index (κ2) is 8.20. The summed E-state index contributed by atoms with van der Waals surface area (Å²) in [5.74, 6) is 0.0442. The molecule has 0 saturated carbocycles. The maximum atomic E-state index is 12.4. The van der Waals surface area contributed by atoms with Crippen molar-refractivity contribution >= 4 is 5.91 Å². The number of carbonyl (C=O) groups is 1. The number of ether oxygens (including phenoxy) is 1. The second-order valence-corrected chi connectivity index (χ2v) is 6.43. The highest BCUT2D eigenvalue weighted by atomic mass is 16.5. The van der Waals surface area contributed by atoms with E-state index in [2.05, 4.69) is 20.8 Å². The molecule has 1 aromatic heterocycles. The first kappa shape index (κ1) is 18.2. The molecule has 8 nitrogen and oxygen atoms in total. The first-order valence-corrected chi connectivity index (χ1v) is 8.64. The van der Waals surface area contributed by atoms with Crippen LogP contribution >= 0.6 is 0 Å². The molecule has 2 heterocycles. The number of nitrogens with zero attached hydrogens (tertiary/aromatic N) is 1. The molecule has 2 aromatic rings. The number of aromatic amines is 1. The van der Waals surface area contributed by atoms with Crippen molar-refractivity contribution < 1.29 is 19.7 Å². The molecule has 1 aromatic carbocycles. The van der Waals surface area contributed by atoms with E-state index in [1.54, 1.807) is 12.1 Å². The van der Waals surface area contributed by atoms with E-state index < -0.39 is 0 Å². The Morgan fingerprint density at radius 3 is 3.04 bits per heavy atom. The topological polar surface area (TPSA) is 120 Å². The molecule has 1 atom stereocenters. The molecule has 0 bridgehead atoms. The number of aliphatic hydroxyl groups excluding tert-OH is 1. The number of aromatic nitrogens is 2. The van der Waals surface area contributed by atoms with Gasteiger partial charge in [-0.3, -0.25) is 9.89 Å². The monoisotopic (exact) mass is 360 g/mol. The Kier molecular flexibility index (Phi) is 5.75. The molecule has 5 N–H and O–H groups in total. The van der Waals surface area contributed by atoms with E-state index in [0.29, 0.717) is 31.0 Å². The van der Waals surface area contributed by atoms with E-state index >= 15 is 0 Å². The summed E-state index contributed by atoms with van der Waals surface area (Å²) in [6.45, 7) is 1.74. The Hall–Kier alpha value is -2.58. The van der Waals surface area contributed by atoms with Crippen molar-refractivity contribution in [3.05, 3.63) is 40.7 Å². The van der Waals surface area contributed by atoms with E-state index in [0.717, 1.165) is 29.8 Å². The highest BCUT2D eigenvalue weighted by Crippen LogP contribution is 2.27. The fourth-order valence-corrected chi connectivity index (χ4v) is 3.13. The number of benzene rings is 1. The number of carbonyl (C=O) groups excluding carboxylic acids is 1.